The molecule has 0 unspecified atom stereocenters. The molecule has 0 fully saturated rings. The molecule has 5 heteroatoms. The number of ether oxygens (including phenoxy) is 2. The van der Waals surface area contributed by atoms with Gasteiger partial charge in [-0.25, -0.2) is 0 Å². The summed E-state index contributed by atoms with van der Waals surface area (Å²) in [4.78, 5) is 22.2. The molecule has 1 atom stereocenters. The summed E-state index contributed by atoms with van der Waals surface area (Å²) in [5.41, 5.74) is -0.507. The first-order valence-electron chi connectivity index (χ1n) is 4.79. The Bertz CT molecular complexity index is 232. The van der Waals surface area contributed by atoms with Crippen molar-refractivity contribution in [1.82, 2.24) is 5.32 Å². The predicted octanol–water partition coefficient (Wildman–Crippen LogP) is 0.479. The van der Waals surface area contributed by atoms with Crippen LogP contribution in [-0.2, 0) is 19.1 Å². The van der Waals surface area contributed by atoms with Gasteiger partial charge in [-0.2, -0.15) is 0 Å². The molecule has 0 aromatic carbocycles. The first kappa shape index (κ1) is 13.9. The van der Waals surface area contributed by atoms with Gasteiger partial charge in [-0.1, -0.05) is 0 Å². The third-order valence-corrected chi connectivity index (χ3v) is 1.53. The lowest BCUT2D eigenvalue weighted by atomic mass is 10.2. The van der Waals surface area contributed by atoms with Crippen LogP contribution in [0.1, 0.15) is 27.7 Å². The lowest BCUT2D eigenvalue weighted by Crippen LogP contribution is -2.40. The molecule has 88 valence electrons. The van der Waals surface area contributed by atoms with E-state index in [1.54, 1.807) is 27.7 Å². The lowest BCUT2D eigenvalue weighted by molar-refractivity contribution is -0.154. The maximum absolute atomic E-state index is 11.2. The second-order valence-electron chi connectivity index (χ2n) is 4.21. The first-order valence-corrected chi connectivity index (χ1v) is 4.79. The molecule has 0 aliphatic heterocycles. The largest absolute Gasteiger partial charge is 0.468 e. The average molecular weight is 217 g/mol. The number of carbonyl (C=O) groups is 2. The van der Waals surface area contributed by atoms with Crippen LogP contribution >= 0.6 is 0 Å². The number of hydrogen-bond acceptors (Lipinski definition) is 5. The van der Waals surface area contributed by atoms with Crippen LogP contribution in [0.2, 0.25) is 0 Å². The fraction of sp³-hybridized carbons (Fsp3) is 0.800. The molecule has 0 spiro atoms. The van der Waals surface area contributed by atoms with E-state index in [1.807, 2.05) is 0 Å². The predicted molar refractivity (Wildman–Crippen MR) is 55.3 cm³/mol. The summed E-state index contributed by atoms with van der Waals surface area (Å²) in [5.74, 6) is -0.795. The van der Waals surface area contributed by atoms with Gasteiger partial charge in [-0.05, 0) is 27.7 Å². The molecular weight excluding hydrogens is 198 g/mol. The molecule has 0 bridgehead atoms. The Kier molecular flexibility index (Phi) is 5.28. The van der Waals surface area contributed by atoms with E-state index in [0.29, 0.717) is 0 Å². The van der Waals surface area contributed by atoms with E-state index in [4.69, 9.17) is 4.74 Å². The van der Waals surface area contributed by atoms with Crippen molar-refractivity contribution in [1.29, 1.82) is 0 Å². The lowest BCUT2D eigenvalue weighted by Gasteiger charge is -2.20. The smallest absolute Gasteiger partial charge is 0.322 e. The number of rotatable bonds is 4. The first-order chi connectivity index (χ1) is 6.76. The van der Waals surface area contributed by atoms with E-state index in [1.165, 1.54) is 7.11 Å². The van der Waals surface area contributed by atoms with Crippen molar-refractivity contribution in [2.75, 3.05) is 13.7 Å². The molecule has 0 saturated carbocycles. The fourth-order valence-corrected chi connectivity index (χ4v) is 0.874. The number of carbonyl (C=O) groups excluding carboxylic acids is 2. The van der Waals surface area contributed by atoms with E-state index in [2.05, 4.69) is 10.1 Å². The molecule has 0 aromatic heterocycles. The molecule has 5 nitrogen and oxygen atoms in total. The van der Waals surface area contributed by atoms with Crippen molar-refractivity contribution < 1.29 is 19.1 Å². The van der Waals surface area contributed by atoms with Gasteiger partial charge >= 0.3 is 11.9 Å². The minimum atomic E-state index is -0.512. The van der Waals surface area contributed by atoms with Gasteiger partial charge in [-0.15, -0.1) is 0 Å². The van der Waals surface area contributed by atoms with Crippen molar-refractivity contribution >= 4 is 11.9 Å². The third kappa shape index (κ3) is 6.90. The molecule has 0 heterocycles. The van der Waals surface area contributed by atoms with Crippen LogP contribution in [0.5, 0.6) is 0 Å². The van der Waals surface area contributed by atoms with Gasteiger partial charge in [0.2, 0.25) is 0 Å². The molecular formula is C10H19NO4. The standard InChI is InChI=1S/C10H19NO4/c1-7(9(13)14-5)11-6-8(12)15-10(2,3)4/h7,11H,6H2,1-5H3/t7-/m1/s1. The topological polar surface area (TPSA) is 64.6 Å². The summed E-state index contributed by atoms with van der Waals surface area (Å²) in [6.07, 6.45) is 0. The van der Waals surface area contributed by atoms with Crippen LogP contribution in [0.3, 0.4) is 0 Å². The Morgan fingerprint density at radius 3 is 2.27 bits per heavy atom. The van der Waals surface area contributed by atoms with Crippen molar-refractivity contribution in [2.24, 2.45) is 0 Å². The van der Waals surface area contributed by atoms with E-state index in [-0.39, 0.29) is 6.54 Å². The van der Waals surface area contributed by atoms with Crippen molar-refractivity contribution in [3.8, 4) is 0 Å². The zero-order valence-corrected chi connectivity index (χ0v) is 9.92. The molecule has 0 aliphatic rings. The van der Waals surface area contributed by atoms with Crippen molar-refractivity contribution in [3.05, 3.63) is 0 Å². The quantitative estimate of drug-likeness (QED) is 0.694. The van der Waals surface area contributed by atoms with Crippen LogP contribution in [-0.4, -0.2) is 37.2 Å². The van der Waals surface area contributed by atoms with E-state index < -0.39 is 23.6 Å². The Morgan fingerprint density at radius 1 is 1.33 bits per heavy atom. The number of esters is 2. The second-order valence-corrected chi connectivity index (χ2v) is 4.21. The van der Waals surface area contributed by atoms with Gasteiger partial charge in [0.1, 0.15) is 11.6 Å². The Hall–Kier alpha value is -1.10. The maximum atomic E-state index is 11.2. The van der Waals surface area contributed by atoms with Crippen molar-refractivity contribution in [3.63, 3.8) is 0 Å². The Morgan fingerprint density at radius 2 is 1.87 bits per heavy atom. The zero-order chi connectivity index (χ0) is 12.1. The van der Waals surface area contributed by atoms with Gasteiger partial charge < -0.3 is 9.47 Å². The normalized spacial score (nSPS) is 13.1. The highest BCUT2D eigenvalue weighted by molar-refractivity contribution is 5.77. The molecule has 1 N–H and O–H groups in total. The SMILES string of the molecule is COC(=O)[C@@H](C)NCC(=O)OC(C)(C)C. The number of hydrogen-bond donors (Lipinski definition) is 1. The fourth-order valence-electron chi connectivity index (χ4n) is 0.874. The average Bonchev–Trinajstić information content (AvgIpc) is 2.10. The monoisotopic (exact) mass is 217 g/mol. The van der Waals surface area contributed by atoms with Crippen LogP contribution in [0.4, 0.5) is 0 Å². The molecule has 0 rings (SSSR count). The summed E-state index contributed by atoms with van der Waals surface area (Å²) in [6, 6.07) is -0.512. The summed E-state index contributed by atoms with van der Waals surface area (Å²) < 4.78 is 9.54. The molecule has 0 saturated heterocycles. The highest BCUT2D eigenvalue weighted by Crippen LogP contribution is 2.06. The molecule has 15 heavy (non-hydrogen) atoms. The van der Waals surface area contributed by atoms with E-state index >= 15 is 0 Å². The maximum Gasteiger partial charge on any atom is 0.322 e. The van der Waals surface area contributed by atoms with Gasteiger partial charge in [0.05, 0.1) is 13.7 Å². The second kappa shape index (κ2) is 5.70. The van der Waals surface area contributed by atoms with Crippen LogP contribution < -0.4 is 5.32 Å². The van der Waals surface area contributed by atoms with E-state index in [0.717, 1.165) is 0 Å². The number of nitrogens with one attached hydrogen (secondary N) is 1. The zero-order valence-electron chi connectivity index (χ0n) is 9.92. The highest BCUT2D eigenvalue weighted by Gasteiger charge is 2.18. The van der Waals surface area contributed by atoms with E-state index in [9.17, 15) is 9.59 Å². The van der Waals surface area contributed by atoms with Crippen LogP contribution in [0.15, 0.2) is 0 Å². The summed E-state index contributed by atoms with van der Waals surface area (Å²) in [5, 5.41) is 2.71. The third-order valence-electron chi connectivity index (χ3n) is 1.53. The molecule has 0 aliphatic carbocycles. The number of methoxy groups -OCH3 is 1. The van der Waals surface area contributed by atoms with Crippen LogP contribution in [0, 0.1) is 0 Å². The molecule has 0 aromatic rings. The van der Waals surface area contributed by atoms with Gasteiger partial charge in [-0.3, -0.25) is 14.9 Å². The summed E-state index contributed by atoms with van der Waals surface area (Å²) >= 11 is 0. The van der Waals surface area contributed by atoms with Gasteiger partial charge in [0.15, 0.2) is 0 Å². The van der Waals surface area contributed by atoms with Gasteiger partial charge in [0, 0.05) is 0 Å². The summed E-state index contributed by atoms with van der Waals surface area (Å²) in [6.45, 7) is 6.97. The van der Waals surface area contributed by atoms with Gasteiger partial charge in [0.25, 0.3) is 0 Å². The Balaban J connectivity index is 3.86. The minimum absolute atomic E-state index is 0.00641. The molecule has 0 amide bonds. The molecule has 0 radical (unpaired) electrons. The highest BCUT2D eigenvalue weighted by atomic mass is 16.6. The minimum Gasteiger partial charge on any atom is -0.468 e. The Labute approximate surface area is 90.1 Å². The van der Waals surface area contributed by atoms with Crippen molar-refractivity contribution in [2.45, 2.75) is 39.3 Å². The summed E-state index contributed by atoms with van der Waals surface area (Å²) in [7, 11) is 1.30. The van der Waals surface area contributed by atoms with Crippen LogP contribution in [0.25, 0.3) is 0 Å².